The summed E-state index contributed by atoms with van der Waals surface area (Å²) in [6, 6.07) is 0. The van der Waals surface area contributed by atoms with Crippen LogP contribution in [0.3, 0.4) is 0 Å². The van der Waals surface area contributed by atoms with Gasteiger partial charge in [0.1, 0.15) is 17.7 Å². The van der Waals surface area contributed by atoms with Gasteiger partial charge in [0.15, 0.2) is 17.7 Å². The molecule has 2 aromatic heterocycles. The molecule has 0 aliphatic carbocycles. The highest BCUT2D eigenvalue weighted by Crippen LogP contribution is 2.34. The molecule has 9 heteroatoms. The van der Waals surface area contributed by atoms with E-state index in [0.717, 1.165) is 12.8 Å². The number of nitrogens with zero attached hydrogens (tertiary/aromatic N) is 4. The van der Waals surface area contributed by atoms with Gasteiger partial charge in [0.25, 0.3) is 0 Å². The molecular weight excluding hydrogens is 310 g/mol. The van der Waals surface area contributed by atoms with E-state index in [1.807, 2.05) is 0 Å². The first-order chi connectivity index (χ1) is 10.5. The van der Waals surface area contributed by atoms with Gasteiger partial charge >= 0.3 is 0 Å². The zero-order valence-corrected chi connectivity index (χ0v) is 12.8. The molecule has 3 rings (SSSR count). The van der Waals surface area contributed by atoms with Gasteiger partial charge in [-0.15, -0.1) is 0 Å². The monoisotopic (exact) mass is 327 g/mol. The summed E-state index contributed by atoms with van der Waals surface area (Å²) in [5.41, 5.74) is 6.51. The van der Waals surface area contributed by atoms with E-state index in [1.54, 1.807) is 0 Å². The molecule has 4 atom stereocenters. The second-order valence-corrected chi connectivity index (χ2v) is 5.73. The number of nitrogen functional groups attached to an aromatic ring is 1. The molecule has 0 amide bonds. The van der Waals surface area contributed by atoms with E-state index in [4.69, 9.17) is 22.1 Å². The van der Waals surface area contributed by atoms with Gasteiger partial charge in [0.05, 0.1) is 12.4 Å². The average molecular weight is 328 g/mol. The third kappa shape index (κ3) is 2.52. The summed E-state index contributed by atoms with van der Waals surface area (Å²) in [5, 5.41) is 20.4. The van der Waals surface area contributed by atoms with Gasteiger partial charge in [-0.1, -0.05) is 19.8 Å². The fraction of sp³-hybridized carbons (Fsp3) is 0.615. The lowest BCUT2D eigenvalue weighted by Gasteiger charge is -2.16. The Morgan fingerprint density at radius 2 is 2.14 bits per heavy atom. The number of aliphatic hydroxyl groups is 2. The lowest BCUT2D eigenvalue weighted by atomic mass is 10.1. The molecule has 0 aromatic carbocycles. The Balaban J connectivity index is 1.94. The predicted octanol–water partition coefficient (Wildman–Crippen LogP) is 0.871. The van der Waals surface area contributed by atoms with Gasteiger partial charge in [-0.25, -0.2) is 4.98 Å². The van der Waals surface area contributed by atoms with Gasteiger partial charge in [-0.2, -0.15) is 9.97 Å². The number of rotatable bonds is 4. The lowest BCUT2D eigenvalue weighted by molar-refractivity contribution is -0.0373. The van der Waals surface area contributed by atoms with Crippen LogP contribution in [-0.4, -0.2) is 48.0 Å². The molecule has 1 aliphatic rings. The molecule has 120 valence electrons. The van der Waals surface area contributed by atoms with Gasteiger partial charge in [-0.3, -0.25) is 4.57 Å². The number of hydrogen-bond acceptors (Lipinski definition) is 7. The van der Waals surface area contributed by atoms with Crippen molar-refractivity contribution in [3.8, 4) is 0 Å². The molecular formula is C13H18ClN5O3. The summed E-state index contributed by atoms with van der Waals surface area (Å²) in [7, 11) is 0. The van der Waals surface area contributed by atoms with Gasteiger partial charge in [0.2, 0.25) is 5.28 Å². The quantitative estimate of drug-likeness (QED) is 0.713. The standard InChI is InChI=1S/C13H18ClN5O3/c1-2-3-4-6-8(20)9(21)12(22-6)19-5-16-7-10(15)17-13(14)18-11(7)19/h5-6,8-9,12,20-21H,2-4H2,1H3,(H2,15,17,18)/t6-,8-,9-,12-/m1/s1. The predicted molar refractivity (Wildman–Crippen MR) is 80.2 cm³/mol. The zero-order chi connectivity index (χ0) is 15.9. The molecule has 1 fully saturated rings. The number of ether oxygens (including phenoxy) is 1. The largest absolute Gasteiger partial charge is 0.388 e. The van der Waals surface area contributed by atoms with E-state index < -0.39 is 24.5 Å². The number of nitrogens with two attached hydrogens (primary N) is 1. The molecule has 22 heavy (non-hydrogen) atoms. The number of unbranched alkanes of at least 4 members (excludes halogenated alkanes) is 1. The highest BCUT2D eigenvalue weighted by Gasteiger charge is 2.43. The summed E-state index contributed by atoms with van der Waals surface area (Å²) in [6.45, 7) is 2.06. The maximum absolute atomic E-state index is 10.3. The number of halogens is 1. The Hall–Kier alpha value is -1.48. The molecule has 0 saturated carbocycles. The number of aliphatic hydroxyl groups excluding tert-OH is 2. The van der Waals surface area contributed by atoms with Gasteiger partial charge in [-0.05, 0) is 18.0 Å². The van der Waals surface area contributed by atoms with Crippen molar-refractivity contribution in [2.75, 3.05) is 5.73 Å². The number of imidazole rings is 1. The highest BCUT2D eigenvalue weighted by molar-refractivity contribution is 6.28. The molecule has 2 aromatic rings. The fourth-order valence-corrected chi connectivity index (χ4v) is 2.87. The number of hydrogen-bond donors (Lipinski definition) is 3. The second-order valence-electron chi connectivity index (χ2n) is 5.39. The Labute approximate surface area is 131 Å². The minimum absolute atomic E-state index is 0.0117. The van der Waals surface area contributed by atoms with Gasteiger partial charge in [0, 0.05) is 0 Å². The van der Waals surface area contributed by atoms with E-state index in [-0.39, 0.29) is 11.1 Å². The van der Waals surface area contributed by atoms with Crippen molar-refractivity contribution in [3.05, 3.63) is 11.6 Å². The van der Waals surface area contributed by atoms with E-state index in [2.05, 4.69) is 21.9 Å². The first-order valence-corrected chi connectivity index (χ1v) is 7.58. The molecule has 0 spiro atoms. The van der Waals surface area contributed by atoms with Crippen LogP contribution in [0.4, 0.5) is 5.82 Å². The van der Waals surface area contributed by atoms with Crippen molar-refractivity contribution in [2.24, 2.45) is 0 Å². The number of aromatic nitrogens is 4. The zero-order valence-electron chi connectivity index (χ0n) is 12.1. The first-order valence-electron chi connectivity index (χ1n) is 7.20. The maximum Gasteiger partial charge on any atom is 0.226 e. The van der Waals surface area contributed by atoms with Crippen LogP contribution >= 0.6 is 11.6 Å². The van der Waals surface area contributed by atoms with Crippen LogP contribution in [-0.2, 0) is 4.74 Å². The van der Waals surface area contributed by atoms with Crippen molar-refractivity contribution < 1.29 is 14.9 Å². The lowest BCUT2D eigenvalue weighted by Crippen LogP contribution is -2.31. The summed E-state index contributed by atoms with van der Waals surface area (Å²) < 4.78 is 7.33. The summed E-state index contributed by atoms with van der Waals surface area (Å²) in [6.07, 6.45) is 0.787. The van der Waals surface area contributed by atoms with E-state index in [1.165, 1.54) is 10.9 Å². The van der Waals surface area contributed by atoms with E-state index in [9.17, 15) is 10.2 Å². The molecule has 1 aliphatic heterocycles. The van der Waals surface area contributed by atoms with E-state index in [0.29, 0.717) is 17.6 Å². The van der Waals surface area contributed by atoms with Crippen LogP contribution in [0, 0.1) is 0 Å². The third-order valence-corrected chi connectivity index (χ3v) is 4.04. The average Bonchev–Trinajstić information content (AvgIpc) is 3.00. The normalized spacial score (nSPS) is 28.5. The summed E-state index contributed by atoms with van der Waals surface area (Å²) in [5.74, 6) is 0.157. The van der Waals surface area contributed by atoms with Crippen molar-refractivity contribution in [3.63, 3.8) is 0 Å². The molecule has 1 saturated heterocycles. The topological polar surface area (TPSA) is 119 Å². The molecule has 4 N–H and O–H groups in total. The minimum atomic E-state index is -1.07. The SMILES string of the molecule is CCCC[C@H]1O[C@@H](n2cnc3c(N)nc(Cl)nc32)[C@H](O)[C@@H]1O. The molecule has 0 bridgehead atoms. The second kappa shape index (κ2) is 5.96. The Morgan fingerprint density at radius 1 is 1.36 bits per heavy atom. The Bertz CT molecular complexity index is 679. The van der Waals surface area contributed by atoms with Crippen molar-refractivity contribution in [1.29, 1.82) is 0 Å². The third-order valence-electron chi connectivity index (χ3n) is 3.87. The van der Waals surface area contributed by atoms with Crippen LogP contribution < -0.4 is 5.73 Å². The molecule has 0 unspecified atom stereocenters. The van der Waals surface area contributed by atoms with Crippen LogP contribution in [0.2, 0.25) is 5.28 Å². The summed E-state index contributed by atoms with van der Waals surface area (Å²) in [4.78, 5) is 12.1. The van der Waals surface area contributed by atoms with Crippen LogP contribution in [0.25, 0.3) is 11.2 Å². The molecule has 0 radical (unpaired) electrons. The molecule has 8 nitrogen and oxygen atoms in total. The molecule has 3 heterocycles. The van der Waals surface area contributed by atoms with Crippen molar-refractivity contribution in [1.82, 2.24) is 19.5 Å². The van der Waals surface area contributed by atoms with Gasteiger partial charge < -0.3 is 20.7 Å². The number of fused-ring (bicyclic) bond motifs is 1. The number of anilines is 1. The van der Waals surface area contributed by atoms with E-state index >= 15 is 0 Å². The highest BCUT2D eigenvalue weighted by atomic mass is 35.5. The first kappa shape index (κ1) is 15.4. The van der Waals surface area contributed by atoms with Crippen molar-refractivity contribution in [2.45, 2.75) is 50.7 Å². The maximum atomic E-state index is 10.3. The van der Waals surface area contributed by atoms with Crippen LogP contribution in [0.15, 0.2) is 6.33 Å². The van der Waals surface area contributed by atoms with Crippen LogP contribution in [0.1, 0.15) is 32.4 Å². The fourth-order valence-electron chi connectivity index (χ4n) is 2.70. The minimum Gasteiger partial charge on any atom is -0.388 e. The Kier molecular flexibility index (Phi) is 4.18. The van der Waals surface area contributed by atoms with Crippen molar-refractivity contribution >= 4 is 28.6 Å². The smallest absolute Gasteiger partial charge is 0.226 e. The summed E-state index contributed by atoms with van der Waals surface area (Å²) >= 11 is 5.83. The van der Waals surface area contributed by atoms with Crippen LogP contribution in [0.5, 0.6) is 0 Å². The Morgan fingerprint density at radius 3 is 2.86 bits per heavy atom.